The molecule has 0 unspecified atom stereocenters. The van der Waals surface area contributed by atoms with Crippen molar-refractivity contribution in [1.82, 2.24) is 4.98 Å². The van der Waals surface area contributed by atoms with Crippen molar-refractivity contribution < 1.29 is 9.53 Å². The van der Waals surface area contributed by atoms with Crippen molar-refractivity contribution in [3.63, 3.8) is 0 Å². The lowest BCUT2D eigenvalue weighted by Gasteiger charge is -2.09. The number of carbonyl (C=O) groups is 1. The molecule has 1 heterocycles. The number of ether oxygens (including phenoxy) is 1. The second kappa shape index (κ2) is 6.64. The molecule has 1 aromatic heterocycles. The van der Waals surface area contributed by atoms with Crippen LogP contribution in [0.1, 0.15) is 25.3 Å². The maximum atomic E-state index is 11.9. The Hall–Kier alpha value is -3.14. The van der Waals surface area contributed by atoms with Crippen molar-refractivity contribution in [3.8, 4) is 11.5 Å². The number of benzene rings is 2. The maximum Gasteiger partial charge on any atom is 0.228 e. The zero-order chi connectivity index (χ0) is 18.1. The first-order valence-electron chi connectivity index (χ1n) is 8.73. The van der Waals surface area contributed by atoms with Crippen LogP contribution in [0.25, 0.3) is 16.3 Å². The molecular weight excluding hydrogens is 324 g/mol. The Balaban J connectivity index is 1.51. The van der Waals surface area contributed by atoms with Gasteiger partial charge in [0.05, 0.1) is 0 Å². The van der Waals surface area contributed by atoms with E-state index >= 15 is 0 Å². The van der Waals surface area contributed by atoms with Crippen LogP contribution in [0.3, 0.4) is 0 Å². The highest BCUT2D eigenvalue weighted by Crippen LogP contribution is 2.31. The number of anilines is 1. The minimum Gasteiger partial charge on any atom is -0.457 e. The molecule has 0 spiro atoms. The van der Waals surface area contributed by atoms with Gasteiger partial charge in [0.15, 0.2) is 0 Å². The number of carbonyl (C=O) groups excluding carboxylic acids is 1. The fourth-order valence-corrected chi connectivity index (χ4v) is 2.77. The molecule has 1 fully saturated rings. The van der Waals surface area contributed by atoms with Crippen molar-refractivity contribution in [3.05, 3.63) is 66.9 Å². The summed E-state index contributed by atoms with van der Waals surface area (Å²) in [5.41, 5.74) is 2.12. The number of pyridine rings is 1. The molecule has 4 rings (SSSR count). The van der Waals surface area contributed by atoms with Crippen LogP contribution >= 0.6 is 0 Å². The van der Waals surface area contributed by atoms with Gasteiger partial charge in [-0.25, -0.2) is 4.98 Å². The molecule has 1 aliphatic rings. The van der Waals surface area contributed by atoms with Gasteiger partial charge in [0.1, 0.15) is 17.3 Å². The van der Waals surface area contributed by atoms with Gasteiger partial charge in [-0.1, -0.05) is 30.4 Å². The lowest BCUT2D eigenvalue weighted by atomic mass is 10.1. The second-order valence-corrected chi connectivity index (χ2v) is 6.75. The van der Waals surface area contributed by atoms with Crippen LogP contribution in [0.5, 0.6) is 11.5 Å². The summed E-state index contributed by atoms with van der Waals surface area (Å²) in [5, 5.41) is 4.85. The van der Waals surface area contributed by atoms with Crippen LogP contribution in [0.4, 0.5) is 5.82 Å². The topological polar surface area (TPSA) is 51.2 Å². The average molecular weight is 344 g/mol. The van der Waals surface area contributed by atoms with E-state index in [1.165, 1.54) is 0 Å². The van der Waals surface area contributed by atoms with E-state index in [9.17, 15) is 4.79 Å². The molecule has 1 aliphatic carbocycles. The number of hydrogen-bond donors (Lipinski definition) is 1. The summed E-state index contributed by atoms with van der Waals surface area (Å²) in [4.78, 5) is 16.2. The molecule has 3 aromatic rings. The quantitative estimate of drug-likeness (QED) is 0.673. The lowest BCUT2D eigenvalue weighted by molar-refractivity contribution is -0.117. The molecule has 4 heteroatoms. The summed E-state index contributed by atoms with van der Waals surface area (Å²) in [6, 6.07) is 15.6. The Morgan fingerprint density at radius 1 is 1.08 bits per heavy atom. The van der Waals surface area contributed by atoms with Crippen molar-refractivity contribution in [2.75, 3.05) is 5.32 Å². The molecule has 1 saturated carbocycles. The Labute approximate surface area is 152 Å². The van der Waals surface area contributed by atoms with Gasteiger partial charge in [-0.2, -0.15) is 0 Å². The molecule has 1 N–H and O–H groups in total. The predicted molar refractivity (Wildman–Crippen MR) is 104 cm³/mol. The van der Waals surface area contributed by atoms with Crippen molar-refractivity contribution in [2.45, 2.75) is 19.8 Å². The second-order valence-electron chi connectivity index (χ2n) is 6.75. The van der Waals surface area contributed by atoms with Crippen molar-refractivity contribution in [2.24, 2.45) is 5.92 Å². The van der Waals surface area contributed by atoms with E-state index < -0.39 is 0 Å². The number of hydrogen-bond acceptors (Lipinski definition) is 3. The van der Waals surface area contributed by atoms with Crippen LogP contribution in [-0.2, 0) is 4.79 Å². The molecule has 0 atom stereocenters. The largest absolute Gasteiger partial charge is 0.457 e. The third-order valence-electron chi connectivity index (χ3n) is 4.48. The highest BCUT2D eigenvalue weighted by Gasteiger charge is 2.29. The molecule has 130 valence electrons. The average Bonchev–Trinajstić information content (AvgIpc) is 3.47. The molecule has 0 aliphatic heterocycles. The summed E-state index contributed by atoms with van der Waals surface area (Å²) in [7, 11) is 0. The Bertz CT molecular complexity index is 989. The van der Waals surface area contributed by atoms with Gasteiger partial charge in [0, 0.05) is 17.5 Å². The van der Waals surface area contributed by atoms with Gasteiger partial charge in [0.2, 0.25) is 5.91 Å². The first-order chi connectivity index (χ1) is 12.6. The van der Waals surface area contributed by atoms with Crippen LogP contribution in [0, 0.1) is 5.92 Å². The van der Waals surface area contributed by atoms with Gasteiger partial charge in [-0.15, -0.1) is 0 Å². The van der Waals surface area contributed by atoms with Crippen molar-refractivity contribution in [1.29, 1.82) is 0 Å². The summed E-state index contributed by atoms with van der Waals surface area (Å²) < 4.78 is 5.93. The highest BCUT2D eigenvalue weighted by molar-refractivity contribution is 5.95. The lowest BCUT2D eigenvalue weighted by Crippen LogP contribution is -2.14. The van der Waals surface area contributed by atoms with E-state index in [0.717, 1.165) is 46.2 Å². The minimum atomic E-state index is 0.0648. The molecule has 0 bridgehead atoms. The van der Waals surface area contributed by atoms with Gasteiger partial charge in [-0.3, -0.25) is 4.79 Å². The summed E-state index contributed by atoms with van der Waals surface area (Å²) in [6.45, 7) is 5.92. The number of allylic oxidation sites excluding steroid dienone is 1. The Kier molecular flexibility index (Phi) is 4.17. The number of amides is 1. The van der Waals surface area contributed by atoms with E-state index in [2.05, 4.69) is 16.9 Å². The fourth-order valence-electron chi connectivity index (χ4n) is 2.77. The molecule has 26 heavy (non-hydrogen) atoms. The molecular formula is C22H20N2O2. The summed E-state index contributed by atoms with van der Waals surface area (Å²) >= 11 is 0. The fraction of sp³-hybridized carbons (Fsp3) is 0.182. The van der Waals surface area contributed by atoms with E-state index in [0.29, 0.717) is 5.82 Å². The van der Waals surface area contributed by atoms with Crippen molar-refractivity contribution >= 4 is 28.1 Å². The number of nitrogens with zero attached hydrogens (tertiary/aromatic N) is 1. The first-order valence-corrected chi connectivity index (χ1v) is 8.73. The Morgan fingerprint density at radius 3 is 2.50 bits per heavy atom. The van der Waals surface area contributed by atoms with Gasteiger partial charge in [-0.05, 0) is 61.0 Å². The number of nitrogens with one attached hydrogen (secondary N) is 1. The van der Waals surface area contributed by atoms with Gasteiger partial charge < -0.3 is 10.1 Å². The zero-order valence-corrected chi connectivity index (χ0v) is 14.7. The van der Waals surface area contributed by atoms with E-state index in [4.69, 9.17) is 4.74 Å². The first kappa shape index (κ1) is 16.3. The summed E-state index contributed by atoms with van der Waals surface area (Å²) in [6.07, 6.45) is 3.72. The van der Waals surface area contributed by atoms with Gasteiger partial charge >= 0.3 is 0 Å². The standard InChI is InChI=1S/C22H20N2O2/c1-14(2)15-5-8-19(9-6-15)26-20-10-7-17-12-21(23-13-18(17)11-20)24-22(25)16-3-4-16/h5-13,16H,1,3-4H2,2H3,(H,23,24,25). The Morgan fingerprint density at radius 2 is 1.81 bits per heavy atom. The SMILES string of the molecule is C=C(C)c1ccc(Oc2ccc3cc(NC(=O)C4CC4)ncc3c2)cc1. The minimum absolute atomic E-state index is 0.0648. The van der Waals surface area contributed by atoms with Crippen LogP contribution < -0.4 is 10.1 Å². The maximum absolute atomic E-state index is 11.9. The normalized spacial score (nSPS) is 13.4. The highest BCUT2D eigenvalue weighted by atomic mass is 16.5. The number of rotatable bonds is 5. The number of fused-ring (bicyclic) bond motifs is 1. The predicted octanol–water partition coefficient (Wildman–Crippen LogP) is 5.41. The third-order valence-corrected chi connectivity index (χ3v) is 4.48. The van der Waals surface area contributed by atoms with Crippen LogP contribution in [-0.4, -0.2) is 10.9 Å². The molecule has 2 aromatic carbocycles. The zero-order valence-electron chi connectivity index (χ0n) is 14.7. The van der Waals surface area contributed by atoms with Gasteiger partial charge in [0.25, 0.3) is 0 Å². The molecule has 4 nitrogen and oxygen atoms in total. The monoisotopic (exact) mass is 344 g/mol. The number of aromatic nitrogens is 1. The van der Waals surface area contributed by atoms with Crippen LogP contribution in [0.15, 0.2) is 61.3 Å². The third kappa shape index (κ3) is 3.59. The van der Waals surface area contributed by atoms with E-state index in [1.807, 2.05) is 55.5 Å². The summed E-state index contributed by atoms with van der Waals surface area (Å²) in [5.74, 6) is 2.35. The van der Waals surface area contributed by atoms with E-state index in [-0.39, 0.29) is 11.8 Å². The van der Waals surface area contributed by atoms with Crippen LogP contribution in [0.2, 0.25) is 0 Å². The smallest absolute Gasteiger partial charge is 0.228 e. The van der Waals surface area contributed by atoms with E-state index in [1.54, 1.807) is 6.20 Å². The molecule has 0 radical (unpaired) electrons. The molecule has 0 saturated heterocycles. The molecule has 1 amide bonds.